The number of carboxylic acids is 9. The highest BCUT2D eigenvalue weighted by Crippen LogP contribution is 2.18. The second-order valence-electron chi connectivity index (χ2n) is 10.2. The Morgan fingerprint density at radius 2 is 0.500 bits per heavy atom. The maximum absolute atomic E-state index is 10.3. The molecule has 25 nitrogen and oxygen atoms in total. The van der Waals surface area contributed by atoms with E-state index < -0.39 is 115 Å². The molecule has 0 aromatic carbocycles. The molecule has 50 heavy (non-hydrogen) atoms. The molecule has 0 rings (SSSR count). The van der Waals surface area contributed by atoms with Crippen molar-refractivity contribution >= 4 is 53.7 Å². The Morgan fingerprint density at radius 1 is 0.360 bits per heavy atom. The molecule has 290 valence electrons. The van der Waals surface area contributed by atoms with Crippen molar-refractivity contribution in [3.8, 4) is 0 Å². The van der Waals surface area contributed by atoms with Gasteiger partial charge in [0.15, 0.2) is 16.8 Å². The van der Waals surface area contributed by atoms with Gasteiger partial charge < -0.3 is 82.3 Å². The smallest absolute Gasteiger partial charge is 0.336 e. The summed E-state index contributed by atoms with van der Waals surface area (Å²) in [6.45, 7) is -0.0104. The van der Waals surface area contributed by atoms with Crippen molar-refractivity contribution in [1.29, 1.82) is 0 Å². The fourth-order valence-corrected chi connectivity index (χ4v) is 3.19. The van der Waals surface area contributed by atoms with Gasteiger partial charge in [-0.05, 0) is 19.3 Å². The number of aliphatic carboxylic acids is 9. The van der Waals surface area contributed by atoms with Crippen LogP contribution in [-0.2, 0) is 43.2 Å². The molecule has 0 unspecified atom stereocenters. The second-order valence-corrected chi connectivity index (χ2v) is 10.2. The number of aliphatic hydroxyl groups is 6. The molecule has 0 aromatic heterocycles. The number of carboxylic acid groups (broad SMARTS) is 9. The first-order valence-electron chi connectivity index (χ1n) is 13.3. The van der Waals surface area contributed by atoms with E-state index in [0.717, 1.165) is 0 Å². The van der Waals surface area contributed by atoms with Gasteiger partial charge in [0.05, 0.1) is 38.5 Å². The first kappa shape index (κ1) is 51.8. The van der Waals surface area contributed by atoms with Crippen molar-refractivity contribution < 1.29 is 120 Å². The Kier molecular flexibility index (Phi) is 25.0. The van der Waals surface area contributed by atoms with Gasteiger partial charge in [-0.1, -0.05) is 0 Å². The number of aliphatic hydroxyl groups excluding tert-OH is 3. The number of hydrogen-bond donors (Lipinski definition) is 16. The van der Waals surface area contributed by atoms with E-state index in [4.69, 9.17) is 82.3 Å². The summed E-state index contributed by atoms with van der Waals surface area (Å²) in [5.41, 5.74) is -3.06. The van der Waals surface area contributed by atoms with Crippen LogP contribution in [0.1, 0.15) is 57.8 Å². The van der Waals surface area contributed by atoms with Crippen LogP contribution in [0, 0.1) is 0 Å². The molecule has 0 saturated carbocycles. The van der Waals surface area contributed by atoms with Crippen LogP contribution in [0.25, 0.3) is 0 Å². The number of carbonyl (C=O) groups is 9. The van der Waals surface area contributed by atoms with Crippen molar-refractivity contribution in [2.75, 3.05) is 19.8 Å². The van der Waals surface area contributed by atoms with Gasteiger partial charge in [0.25, 0.3) is 0 Å². The lowest BCUT2D eigenvalue weighted by Gasteiger charge is -2.26. The van der Waals surface area contributed by atoms with Gasteiger partial charge >= 0.3 is 53.7 Å². The van der Waals surface area contributed by atoms with Crippen molar-refractivity contribution in [1.82, 2.24) is 0 Å². The Labute approximate surface area is 279 Å². The molecule has 0 heterocycles. The summed E-state index contributed by atoms with van der Waals surface area (Å²) in [6.07, 6.45) is -5.59. The van der Waals surface area contributed by atoms with Gasteiger partial charge in [-0.3, -0.25) is 28.8 Å². The van der Waals surface area contributed by atoms with Gasteiger partial charge in [-0.2, -0.15) is 0 Å². The average molecular weight is 740 g/mol. The van der Waals surface area contributed by atoms with Gasteiger partial charge in [0.1, 0.15) is 0 Å². The highest BCUT2D eigenvalue weighted by atomic mass is 16.4. The molecule has 0 aliphatic heterocycles. The minimum Gasteiger partial charge on any atom is -0.481 e. The minimum absolute atomic E-state index is 0.00347. The van der Waals surface area contributed by atoms with E-state index in [2.05, 4.69) is 0 Å². The molecule has 17 N–H and O–H groups in total. The second kappa shape index (κ2) is 24.1. The van der Waals surface area contributed by atoms with E-state index in [1.54, 1.807) is 0 Å². The van der Waals surface area contributed by atoms with Crippen LogP contribution in [0.2, 0.25) is 0 Å². The molecule has 0 saturated heterocycles. The Morgan fingerprint density at radius 3 is 0.580 bits per heavy atom. The zero-order valence-electron chi connectivity index (χ0n) is 25.9. The summed E-state index contributed by atoms with van der Waals surface area (Å²) in [6, 6.07) is 0. The van der Waals surface area contributed by atoms with Crippen molar-refractivity contribution in [3.63, 3.8) is 0 Å². The Hall–Kier alpha value is -5.05. The maximum Gasteiger partial charge on any atom is 0.336 e. The van der Waals surface area contributed by atoms with E-state index >= 15 is 0 Å². The standard InChI is InChI=1S/C7H17NO3.3C6H8O7/c8-7(1-4-9,2-5-10)3-6-11;3*7-3(8)1-6(13,5(11)12)2-4(9)10/h9-11H,1-6,8H2;3*13H,1-2H2,(H,7,8)(H,9,10)(H,11,12). The Bertz CT molecular complexity index is 992. The van der Waals surface area contributed by atoms with Gasteiger partial charge in [-0.15, -0.1) is 0 Å². The van der Waals surface area contributed by atoms with Crippen LogP contribution in [0.3, 0.4) is 0 Å². The van der Waals surface area contributed by atoms with Gasteiger partial charge in [0.2, 0.25) is 0 Å². The molecule has 0 bridgehead atoms. The van der Waals surface area contributed by atoms with E-state index in [0.29, 0.717) is 19.3 Å². The van der Waals surface area contributed by atoms with E-state index in [-0.39, 0.29) is 19.8 Å². The topological polar surface area (TPSA) is 483 Å². The monoisotopic (exact) mass is 739 g/mol. The summed E-state index contributed by atoms with van der Waals surface area (Å²) in [5, 5.41) is 127. The summed E-state index contributed by atoms with van der Waals surface area (Å²) >= 11 is 0. The fourth-order valence-electron chi connectivity index (χ4n) is 3.19. The van der Waals surface area contributed by atoms with Gasteiger partial charge in [-0.25, -0.2) is 14.4 Å². The molecule has 0 aliphatic rings. The minimum atomic E-state index is -2.74. The van der Waals surface area contributed by atoms with Crippen LogP contribution in [0.5, 0.6) is 0 Å². The molecule has 0 fully saturated rings. The highest BCUT2D eigenvalue weighted by molar-refractivity contribution is 5.89. The lowest BCUT2D eigenvalue weighted by atomic mass is 9.90. The van der Waals surface area contributed by atoms with Crippen molar-refractivity contribution in [3.05, 3.63) is 0 Å². The van der Waals surface area contributed by atoms with Gasteiger partial charge in [0, 0.05) is 25.4 Å². The molecule has 0 amide bonds. The fraction of sp³-hybridized carbons (Fsp3) is 0.640. The zero-order chi connectivity index (χ0) is 40.7. The molecule has 0 aliphatic carbocycles. The molecule has 0 radical (unpaired) electrons. The van der Waals surface area contributed by atoms with Crippen LogP contribution in [0.15, 0.2) is 0 Å². The molecule has 0 atom stereocenters. The predicted octanol–water partition coefficient (Wildman–Crippen LogP) is -4.91. The predicted molar refractivity (Wildman–Crippen MR) is 153 cm³/mol. The maximum atomic E-state index is 10.3. The molecular formula is C25H41NO24. The van der Waals surface area contributed by atoms with E-state index in [1.165, 1.54) is 0 Å². The molecule has 0 spiro atoms. The normalized spacial score (nSPS) is 11.1. The lowest BCUT2D eigenvalue weighted by molar-refractivity contribution is -0.170. The Balaban J connectivity index is -0.000000283. The summed E-state index contributed by atoms with van der Waals surface area (Å²) in [4.78, 5) is 91.5. The van der Waals surface area contributed by atoms with Crippen LogP contribution in [-0.4, -0.2) is 172 Å². The number of rotatable bonds is 21. The van der Waals surface area contributed by atoms with Crippen LogP contribution < -0.4 is 5.73 Å². The lowest BCUT2D eigenvalue weighted by Crippen LogP contribution is -2.42. The third-order valence-electron chi connectivity index (χ3n) is 5.69. The first-order valence-corrected chi connectivity index (χ1v) is 13.3. The summed E-state index contributed by atoms with van der Waals surface area (Å²) < 4.78 is 0. The third-order valence-corrected chi connectivity index (χ3v) is 5.69. The SMILES string of the molecule is NC(CCO)(CCO)CCO.O=C(O)CC(O)(CC(=O)O)C(=O)O.O=C(O)CC(O)(CC(=O)O)C(=O)O.O=C(O)CC(O)(CC(=O)O)C(=O)O. The first-order chi connectivity index (χ1) is 22.5. The summed E-state index contributed by atoms with van der Waals surface area (Å²) in [7, 11) is 0. The third kappa shape index (κ3) is 25.0. The van der Waals surface area contributed by atoms with Crippen LogP contribution in [0.4, 0.5) is 0 Å². The number of hydrogen-bond acceptors (Lipinski definition) is 16. The van der Waals surface area contributed by atoms with Crippen molar-refractivity contribution in [2.24, 2.45) is 5.73 Å². The number of nitrogens with two attached hydrogens (primary N) is 1. The average Bonchev–Trinajstić information content (AvgIpc) is 2.87. The molecule has 25 heteroatoms. The highest BCUT2D eigenvalue weighted by Gasteiger charge is 2.42. The quantitative estimate of drug-likeness (QED) is 0.0524. The van der Waals surface area contributed by atoms with Crippen molar-refractivity contribution in [2.45, 2.75) is 80.1 Å². The molecule has 0 aromatic rings. The largest absolute Gasteiger partial charge is 0.481 e. The summed E-state index contributed by atoms with van der Waals surface area (Å²) in [5.74, 6) is -15.1. The van der Waals surface area contributed by atoms with E-state index in [9.17, 15) is 43.2 Å². The van der Waals surface area contributed by atoms with E-state index in [1.807, 2.05) is 0 Å². The molecular weight excluding hydrogens is 698 g/mol. The van der Waals surface area contributed by atoms with Crippen LogP contribution >= 0.6 is 0 Å². The zero-order valence-corrected chi connectivity index (χ0v) is 25.9.